The fourth-order valence-corrected chi connectivity index (χ4v) is 3.92. The lowest BCUT2D eigenvalue weighted by Crippen LogP contribution is -2.53. The van der Waals surface area contributed by atoms with Crippen LogP contribution < -0.4 is 11.1 Å². The molecule has 1 fully saturated rings. The second-order valence-corrected chi connectivity index (χ2v) is 5.95. The molecule has 0 aromatic carbocycles. The zero-order valence-corrected chi connectivity index (χ0v) is 10.7. The van der Waals surface area contributed by atoms with Crippen molar-refractivity contribution in [3.8, 4) is 0 Å². The van der Waals surface area contributed by atoms with E-state index in [-0.39, 0.29) is 16.7 Å². The standard InChI is InChI=1S/C12H19B2N3/c13-12(14)10-8(2-1-5-17-10)9(15)11(12)3-6-16-7-4-11/h1-2,5,9,16H,3-4,6-7,13-15H2/t9-/m1/s1. The molecule has 0 saturated carbocycles. The highest BCUT2D eigenvalue weighted by Crippen LogP contribution is 2.57. The first kappa shape index (κ1) is 11.3. The molecule has 3 N–H and O–H groups in total. The van der Waals surface area contributed by atoms with Crippen molar-refractivity contribution in [2.75, 3.05) is 13.1 Å². The molecule has 5 heteroatoms. The van der Waals surface area contributed by atoms with Crippen molar-refractivity contribution in [1.82, 2.24) is 10.3 Å². The number of nitrogens with two attached hydrogens (primary N) is 1. The fraction of sp³-hybridized carbons (Fsp3) is 0.583. The van der Waals surface area contributed by atoms with Crippen LogP contribution in [0, 0.1) is 5.41 Å². The normalized spacial score (nSPS) is 29.1. The maximum atomic E-state index is 6.56. The van der Waals surface area contributed by atoms with Gasteiger partial charge in [-0.1, -0.05) is 6.07 Å². The molecule has 17 heavy (non-hydrogen) atoms. The minimum atomic E-state index is 0.0884. The van der Waals surface area contributed by atoms with Crippen LogP contribution in [0.5, 0.6) is 0 Å². The van der Waals surface area contributed by atoms with Gasteiger partial charge in [0.25, 0.3) is 0 Å². The number of rotatable bonds is 0. The Hall–Kier alpha value is -0.800. The third-order valence-corrected chi connectivity index (χ3v) is 5.10. The molecule has 1 aromatic heterocycles. The molecule has 1 spiro atoms. The largest absolute Gasteiger partial charge is 0.323 e. The third-order valence-electron chi connectivity index (χ3n) is 5.10. The summed E-state index contributed by atoms with van der Waals surface area (Å²) in [6.45, 7) is 2.15. The monoisotopic (exact) mass is 227 g/mol. The summed E-state index contributed by atoms with van der Waals surface area (Å²) in [5, 5.41) is 3.53. The molecule has 1 aliphatic heterocycles. The van der Waals surface area contributed by atoms with E-state index in [1.807, 2.05) is 12.3 Å². The Morgan fingerprint density at radius 2 is 2.06 bits per heavy atom. The molecule has 1 atom stereocenters. The van der Waals surface area contributed by atoms with Gasteiger partial charge in [0.1, 0.15) is 15.7 Å². The van der Waals surface area contributed by atoms with Crippen LogP contribution in [0.1, 0.15) is 30.1 Å². The zero-order chi connectivity index (χ0) is 12.1. The summed E-state index contributed by atoms with van der Waals surface area (Å²) in [6, 6.07) is 4.31. The van der Waals surface area contributed by atoms with Crippen LogP contribution >= 0.6 is 0 Å². The molecule has 2 heterocycles. The summed E-state index contributed by atoms with van der Waals surface area (Å²) in [7, 11) is 4.63. The lowest BCUT2D eigenvalue weighted by atomic mass is 9.40. The quantitative estimate of drug-likeness (QED) is 0.552. The summed E-state index contributed by atoms with van der Waals surface area (Å²) < 4.78 is 0. The highest BCUT2D eigenvalue weighted by Gasteiger charge is 2.56. The van der Waals surface area contributed by atoms with Gasteiger partial charge in [-0.15, -0.1) is 0 Å². The Labute approximate surface area is 104 Å². The van der Waals surface area contributed by atoms with E-state index in [0.717, 1.165) is 25.9 Å². The minimum Gasteiger partial charge on any atom is -0.323 e. The average molecular weight is 227 g/mol. The highest BCUT2D eigenvalue weighted by molar-refractivity contribution is 6.41. The molecule has 1 aliphatic carbocycles. The van der Waals surface area contributed by atoms with E-state index < -0.39 is 0 Å². The van der Waals surface area contributed by atoms with Crippen LogP contribution in [0.3, 0.4) is 0 Å². The minimum absolute atomic E-state index is 0.0884. The van der Waals surface area contributed by atoms with E-state index in [1.54, 1.807) is 0 Å². The van der Waals surface area contributed by atoms with Crippen molar-refractivity contribution in [3.63, 3.8) is 0 Å². The van der Waals surface area contributed by atoms with Gasteiger partial charge in [-0.25, -0.2) is 0 Å². The summed E-state index contributed by atoms with van der Waals surface area (Å²) in [5.74, 6) is 0. The van der Waals surface area contributed by atoms with Crippen molar-refractivity contribution < 1.29 is 0 Å². The van der Waals surface area contributed by atoms with Gasteiger partial charge in [-0.05, 0) is 48.2 Å². The Morgan fingerprint density at radius 1 is 1.35 bits per heavy atom. The predicted octanol–water partition coefficient (Wildman–Crippen LogP) is -1.12. The number of hydrogen-bond donors (Lipinski definition) is 2. The number of piperidine rings is 1. The molecule has 0 unspecified atom stereocenters. The van der Waals surface area contributed by atoms with Gasteiger partial charge in [0.05, 0.1) is 0 Å². The van der Waals surface area contributed by atoms with E-state index in [9.17, 15) is 0 Å². The summed E-state index contributed by atoms with van der Waals surface area (Å²) in [5.41, 5.74) is 9.23. The number of nitrogens with one attached hydrogen (secondary N) is 1. The van der Waals surface area contributed by atoms with Gasteiger partial charge in [-0.3, -0.25) is 4.98 Å². The van der Waals surface area contributed by atoms with E-state index >= 15 is 0 Å². The first-order valence-corrected chi connectivity index (χ1v) is 6.51. The fourth-order valence-electron chi connectivity index (χ4n) is 3.92. The van der Waals surface area contributed by atoms with Crippen molar-refractivity contribution in [2.24, 2.45) is 11.1 Å². The van der Waals surface area contributed by atoms with Crippen molar-refractivity contribution in [2.45, 2.75) is 24.1 Å². The van der Waals surface area contributed by atoms with E-state index in [4.69, 9.17) is 5.73 Å². The van der Waals surface area contributed by atoms with Crippen LogP contribution in [0.4, 0.5) is 0 Å². The molecule has 0 radical (unpaired) electrons. The van der Waals surface area contributed by atoms with Crippen LogP contribution in [0.15, 0.2) is 18.3 Å². The molecule has 1 aromatic rings. The van der Waals surface area contributed by atoms with E-state index in [2.05, 4.69) is 32.1 Å². The number of hydrogen-bond acceptors (Lipinski definition) is 3. The molecule has 3 nitrogen and oxygen atoms in total. The lowest BCUT2D eigenvalue weighted by molar-refractivity contribution is 0.148. The molecule has 0 amide bonds. The summed E-state index contributed by atoms with van der Waals surface area (Å²) in [4.78, 5) is 4.61. The first-order chi connectivity index (χ1) is 8.09. The van der Waals surface area contributed by atoms with Crippen molar-refractivity contribution in [1.29, 1.82) is 0 Å². The molecule has 88 valence electrons. The van der Waals surface area contributed by atoms with Gasteiger partial charge >= 0.3 is 0 Å². The highest BCUT2D eigenvalue weighted by atomic mass is 14.9. The Balaban J connectivity index is 2.15. The predicted molar refractivity (Wildman–Crippen MR) is 74.5 cm³/mol. The number of aromatic nitrogens is 1. The summed E-state index contributed by atoms with van der Waals surface area (Å²) >= 11 is 0. The van der Waals surface area contributed by atoms with Crippen LogP contribution in [0.25, 0.3) is 0 Å². The summed E-state index contributed by atoms with van der Waals surface area (Å²) in [6.07, 6.45) is 4.20. The molecular weight excluding hydrogens is 208 g/mol. The maximum absolute atomic E-state index is 6.56. The van der Waals surface area contributed by atoms with E-state index in [0.29, 0.717) is 0 Å². The topological polar surface area (TPSA) is 50.9 Å². The van der Waals surface area contributed by atoms with Gasteiger partial charge < -0.3 is 11.1 Å². The molecule has 3 rings (SSSR count). The second-order valence-electron chi connectivity index (χ2n) is 5.95. The molecule has 0 bridgehead atoms. The zero-order valence-electron chi connectivity index (χ0n) is 10.7. The molecule has 1 saturated heterocycles. The first-order valence-electron chi connectivity index (χ1n) is 6.51. The van der Waals surface area contributed by atoms with E-state index in [1.165, 1.54) is 11.3 Å². The Bertz CT molecular complexity index is 441. The average Bonchev–Trinajstić information content (AvgIpc) is 2.52. The van der Waals surface area contributed by atoms with Crippen LogP contribution in [0.2, 0.25) is 0 Å². The SMILES string of the molecule is BC1(B)c2ncccc2[C@@H](N)C12CCNCC2. The van der Waals surface area contributed by atoms with Gasteiger partial charge in [-0.2, -0.15) is 0 Å². The third kappa shape index (κ3) is 1.30. The lowest BCUT2D eigenvalue weighted by Gasteiger charge is -2.47. The van der Waals surface area contributed by atoms with Crippen molar-refractivity contribution in [3.05, 3.63) is 29.6 Å². The Morgan fingerprint density at radius 3 is 2.71 bits per heavy atom. The number of nitrogens with zero attached hydrogens (tertiary/aromatic N) is 1. The van der Waals surface area contributed by atoms with Crippen LogP contribution in [-0.2, 0) is 5.21 Å². The van der Waals surface area contributed by atoms with Gasteiger partial charge in [0.2, 0.25) is 0 Å². The molecular formula is C12H19B2N3. The molecule has 2 aliphatic rings. The van der Waals surface area contributed by atoms with Crippen molar-refractivity contribution >= 4 is 15.7 Å². The van der Waals surface area contributed by atoms with Gasteiger partial charge in [0.15, 0.2) is 0 Å². The maximum Gasteiger partial charge on any atom is 0.107 e. The Kier molecular flexibility index (Phi) is 2.39. The number of fused-ring (bicyclic) bond motifs is 1. The number of pyridine rings is 1. The van der Waals surface area contributed by atoms with Gasteiger partial charge in [0, 0.05) is 17.9 Å². The smallest absolute Gasteiger partial charge is 0.107 e. The second kappa shape index (κ2) is 3.59. The van der Waals surface area contributed by atoms with Crippen LogP contribution in [-0.4, -0.2) is 33.8 Å².